The zero-order chi connectivity index (χ0) is 12.9. The average molecular weight is 243 g/mol. The molecule has 0 spiro atoms. The molecule has 0 aliphatic heterocycles. The Labute approximate surface area is 107 Å². The van der Waals surface area contributed by atoms with Crippen LogP contribution in [0.25, 0.3) is 0 Å². The number of hydrogen-bond acceptors (Lipinski definition) is 3. The minimum Gasteiger partial charge on any atom is -0.466 e. The summed E-state index contributed by atoms with van der Waals surface area (Å²) >= 11 is 0. The van der Waals surface area contributed by atoms with Crippen molar-refractivity contribution in [3.8, 4) is 0 Å². The number of carbonyl (C=O) groups is 1. The molecule has 0 saturated heterocycles. The molecule has 0 unspecified atom stereocenters. The highest BCUT2D eigenvalue weighted by Gasteiger charge is 2.02. The van der Waals surface area contributed by atoms with E-state index in [0.717, 1.165) is 25.8 Å². The van der Waals surface area contributed by atoms with Gasteiger partial charge in [-0.2, -0.15) is 0 Å². The summed E-state index contributed by atoms with van der Waals surface area (Å²) in [4.78, 5) is 13.4. The molecular weight excluding hydrogens is 214 g/mol. The summed E-state index contributed by atoms with van der Waals surface area (Å²) in [6, 6.07) is 0. The second kappa shape index (κ2) is 11.9. The summed E-state index contributed by atoms with van der Waals surface area (Å²) in [6.45, 7) is 3.75. The smallest absolute Gasteiger partial charge is 0.305 e. The van der Waals surface area contributed by atoms with Gasteiger partial charge < -0.3 is 9.64 Å². The average Bonchev–Trinajstić information content (AvgIpc) is 2.29. The predicted octanol–water partition coefficient (Wildman–Crippen LogP) is 3.23. The van der Waals surface area contributed by atoms with Gasteiger partial charge in [-0.05, 0) is 26.9 Å². The summed E-state index contributed by atoms with van der Waals surface area (Å²) in [6.07, 6.45) is 8.80. The van der Waals surface area contributed by atoms with Crippen LogP contribution in [0.1, 0.15) is 58.3 Å². The molecule has 3 nitrogen and oxygen atoms in total. The van der Waals surface area contributed by atoms with Crippen LogP contribution in [0.3, 0.4) is 0 Å². The van der Waals surface area contributed by atoms with E-state index in [1.165, 1.54) is 25.7 Å². The SMILES string of the molecule is CCCCCCCCC(=O)OCCCN(C)C. The molecule has 0 bridgehead atoms. The molecule has 0 aromatic carbocycles. The topological polar surface area (TPSA) is 29.5 Å². The molecule has 0 saturated carbocycles. The Bertz CT molecular complexity index is 181. The summed E-state index contributed by atoms with van der Waals surface area (Å²) in [5, 5.41) is 0. The standard InChI is InChI=1S/C14H29NO2/c1-4-5-6-7-8-9-11-14(16)17-13-10-12-15(2)3/h4-13H2,1-3H3. The predicted molar refractivity (Wildman–Crippen MR) is 72.1 cm³/mol. The van der Waals surface area contributed by atoms with Gasteiger partial charge in [-0.25, -0.2) is 0 Å². The van der Waals surface area contributed by atoms with Gasteiger partial charge in [-0.3, -0.25) is 4.79 Å². The first-order valence-corrected chi connectivity index (χ1v) is 6.97. The summed E-state index contributed by atoms with van der Waals surface area (Å²) in [5.41, 5.74) is 0. The second-order valence-electron chi connectivity index (χ2n) is 4.90. The van der Waals surface area contributed by atoms with E-state index < -0.39 is 0 Å². The van der Waals surface area contributed by atoms with Crippen LogP contribution in [0, 0.1) is 0 Å². The lowest BCUT2D eigenvalue weighted by atomic mass is 10.1. The first-order valence-electron chi connectivity index (χ1n) is 6.97. The van der Waals surface area contributed by atoms with E-state index in [2.05, 4.69) is 11.8 Å². The van der Waals surface area contributed by atoms with Gasteiger partial charge in [-0.15, -0.1) is 0 Å². The van der Waals surface area contributed by atoms with E-state index >= 15 is 0 Å². The lowest BCUT2D eigenvalue weighted by Gasteiger charge is -2.09. The molecule has 0 N–H and O–H groups in total. The number of rotatable bonds is 11. The molecule has 0 fully saturated rings. The Kier molecular flexibility index (Phi) is 11.5. The Hall–Kier alpha value is -0.570. The molecule has 0 amide bonds. The number of esters is 1. The Balaban J connectivity index is 3.18. The molecule has 0 aromatic heterocycles. The molecule has 102 valence electrons. The summed E-state index contributed by atoms with van der Waals surface area (Å²) < 4.78 is 5.15. The zero-order valence-corrected chi connectivity index (χ0v) is 11.8. The van der Waals surface area contributed by atoms with Crippen molar-refractivity contribution in [2.24, 2.45) is 0 Å². The van der Waals surface area contributed by atoms with E-state index in [4.69, 9.17) is 4.74 Å². The molecule has 0 aromatic rings. The highest BCUT2D eigenvalue weighted by molar-refractivity contribution is 5.69. The van der Waals surface area contributed by atoms with Gasteiger partial charge in [0.05, 0.1) is 6.61 Å². The molecule has 3 heteroatoms. The minimum absolute atomic E-state index is 0.0285. The van der Waals surface area contributed by atoms with Crippen LogP contribution < -0.4 is 0 Å². The van der Waals surface area contributed by atoms with Gasteiger partial charge in [0.15, 0.2) is 0 Å². The maximum absolute atomic E-state index is 11.3. The van der Waals surface area contributed by atoms with Crippen LogP contribution in [0.4, 0.5) is 0 Å². The van der Waals surface area contributed by atoms with Crippen molar-refractivity contribution in [3.63, 3.8) is 0 Å². The zero-order valence-electron chi connectivity index (χ0n) is 11.8. The van der Waals surface area contributed by atoms with Crippen molar-refractivity contribution in [2.45, 2.75) is 58.3 Å². The highest BCUT2D eigenvalue weighted by atomic mass is 16.5. The third-order valence-corrected chi connectivity index (χ3v) is 2.75. The Morgan fingerprint density at radius 2 is 1.65 bits per heavy atom. The molecule has 0 aliphatic carbocycles. The van der Waals surface area contributed by atoms with Crippen molar-refractivity contribution in [1.29, 1.82) is 0 Å². The van der Waals surface area contributed by atoms with Crippen LogP contribution in [0.2, 0.25) is 0 Å². The van der Waals surface area contributed by atoms with Gasteiger partial charge >= 0.3 is 5.97 Å². The number of nitrogens with zero attached hydrogens (tertiary/aromatic N) is 1. The number of hydrogen-bond donors (Lipinski definition) is 0. The quantitative estimate of drug-likeness (QED) is 0.412. The lowest BCUT2D eigenvalue weighted by Crippen LogP contribution is -2.16. The monoisotopic (exact) mass is 243 g/mol. The van der Waals surface area contributed by atoms with E-state index in [9.17, 15) is 4.79 Å². The van der Waals surface area contributed by atoms with E-state index in [1.807, 2.05) is 14.1 Å². The summed E-state index contributed by atoms with van der Waals surface area (Å²) in [7, 11) is 4.05. The van der Waals surface area contributed by atoms with Gasteiger partial charge in [0.2, 0.25) is 0 Å². The lowest BCUT2D eigenvalue weighted by molar-refractivity contribution is -0.143. The molecule has 0 atom stereocenters. The maximum Gasteiger partial charge on any atom is 0.305 e. The molecule has 0 heterocycles. The maximum atomic E-state index is 11.3. The Morgan fingerprint density at radius 1 is 1.00 bits per heavy atom. The highest BCUT2D eigenvalue weighted by Crippen LogP contribution is 2.07. The van der Waals surface area contributed by atoms with Gasteiger partial charge in [-0.1, -0.05) is 39.0 Å². The van der Waals surface area contributed by atoms with Gasteiger partial charge in [0, 0.05) is 13.0 Å². The van der Waals surface area contributed by atoms with Crippen molar-refractivity contribution < 1.29 is 9.53 Å². The molecule has 0 rings (SSSR count). The van der Waals surface area contributed by atoms with Crippen molar-refractivity contribution >= 4 is 5.97 Å². The molecule has 0 aliphatic rings. The third-order valence-electron chi connectivity index (χ3n) is 2.75. The number of unbranched alkanes of at least 4 members (excludes halogenated alkanes) is 5. The van der Waals surface area contributed by atoms with Crippen molar-refractivity contribution in [2.75, 3.05) is 27.2 Å². The fourth-order valence-corrected chi connectivity index (χ4v) is 1.69. The first-order chi connectivity index (χ1) is 8.16. The van der Waals surface area contributed by atoms with E-state index in [1.54, 1.807) is 0 Å². The molecule has 17 heavy (non-hydrogen) atoms. The van der Waals surface area contributed by atoms with Crippen molar-refractivity contribution in [3.05, 3.63) is 0 Å². The van der Waals surface area contributed by atoms with Crippen LogP contribution >= 0.6 is 0 Å². The second-order valence-corrected chi connectivity index (χ2v) is 4.90. The largest absolute Gasteiger partial charge is 0.466 e. The summed E-state index contributed by atoms with van der Waals surface area (Å²) in [5.74, 6) is -0.0285. The minimum atomic E-state index is -0.0285. The van der Waals surface area contributed by atoms with Crippen LogP contribution in [0.5, 0.6) is 0 Å². The normalized spacial score (nSPS) is 10.8. The van der Waals surface area contributed by atoms with Crippen LogP contribution in [-0.2, 0) is 9.53 Å². The van der Waals surface area contributed by atoms with Crippen LogP contribution in [0.15, 0.2) is 0 Å². The third kappa shape index (κ3) is 13.4. The molecule has 0 radical (unpaired) electrons. The Morgan fingerprint density at radius 3 is 2.29 bits per heavy atom. The van der Waals surface area contributed by atoms with E-state index in [0.29, 0.717) is 13.0 Å². The fourth-order valence-electron chi connectivity index (χ4n) is 1.69. The number of ether oxygens (including phenoxy) is 1. The van der Waals surface area contributed by atoms with Gasteiger partial charge in [0.25, 0.3) is 0 Å². The van der Waals surface area contributed by atoms with Crippen LogP contribution in [-0.4, -0.2) is 38.1 Å². The van der Waals surface area contributed by atoms with E-state index in [-0.39, 0.29) is 5.97 Å². The van der Waals surface area contributed by atoms with Gasteiger partial charge in [0.1, 0.15) is 0 Å². The number of carbonyl (C=O) groups excluding carboxylic acids is 1. The fraction of sp³-hybridized carbons (Fsp3) is 0.929. The van der Waals surface area contributed by atoms with Crippen molar-refractivity contribution in [1.82, 2.24) is 4.90 Å². The first kappa shape index (κ1) is 16.4. The molecular formula is C14H29NO2.